The number of anilines is 1. The van der Waals surface area contributed by atoms with E-state index in [9.17, 15) is 14.4 Å². The summed E-state index contributed by atoms with van der Waals surface area (Å²) in [7, 11) is 0. The van der Waals surface area contributed by atoms with Crippen molar-refractivity contribution in [3.05, 3.63) is 40.4 Å². The van der Waals surface area contributed by atoms with E-state index in [2.05, 4.69) is 5.32 Å². The molecule has 0 aromatic heterocycles. The Labute approximate surface area is 143 Å². The number of likely N-dealkylation sites (tertiary alicyclic amines) is 1. The zero-order valence-electron chi connectivity index (χ0n) is 12.1. The molecule has 0 bridgehead atoms. The van der Waals surface area contributed by atoms with Gasteiger partial charge in [0.25, 0.3) is 0 Å². The first-order valence-electron chi connectivity index (χ1n) is 7.22. The molecule has 1 heterocycles. The fourth-order valence-corrected chi connectivity index (χ4v) is 3.52. The Morgan fingerprint density at radius 3 is 2.09 bits per heavy atom. The van der Waals surface area contributed by atoms with Gasteiger partial charge in [0.1, 0.15) is 6.54 Å². The molecule has 3 amide bonds. The molecule has 2 aliphatic rings. The average Bonchev–Trinajstić information content (AvgIpc) is 2.72. The van der Waals surface area contributed by atoms with Crippen molar-refractivity contribution in [2.75, 3.05) is 11.9 Å². The fourth-order valence-electron chi connectivity index (χ4n) is 2.99. The molecule has 1 aromatic rings. The summed E-state index contributed by atoms with van der Waals surface area (Å²) in [4.78, 5) is 37.8. The molecule has 0 unspecified atom stereocenters. The van der Waals surface area contributed by atoms with Gasteiger partial charge in [0, 0.05) is 15.7 Å². The normalized spacial score (nSPS) is 23.1. The van der Waals surface area contributed by atoms with Crippen molar-refractivity contribution in [3.8, 4) is 0 Å². The Morgan fingerprint density at radius 1 is 1.04 bits per heavy atom. The lowest BCUT2D eigenvalue weighted by molar-refractivity contribution is -0.142. The number of carbonyl (C=O) groups is 3. The van der Waals surface area contributed by atoms with Gasteiger partial charge in [-0.25, -0.2) is 0 Å². The van der Waals surface area contributed by atoms with Crippen LogP contribution in [0.25, 0.3) is 0 Å². The third-order valence-electron chi connectivity index (χ3n) is 4.05. The monoisotopic (exact) mass is 352 g/mol. The number of nitrogens with zero attached hydrogens (tertiary/aromatic N) is 1. The maximum Gasteiger partial charge on any atom is 0.244 e. The van der Waals surface area contributed by atoms with Gasteiger partial charge in [0.2, 0.25) is 17.7 Å². The van der Waals surface area contributed by atoms with Gasteiger partial charge in [-0.15, -0.1) is 0 Å². The van der Waals surface area contributed by atoms with Crippen molar-refractivity contribution in [1.29, 1.82) is 0 Å². The summed E-state index contributed by atoms with van der Waals surface area (Å²) in [6.07, 6.45) is 4.92. The van der Waals surface area contributed by atoms with Crippen LogP contribution in [0, 0.1) is 11.8 Å². The van der Waals surface area contributed by atoms with Crippen molar-refractivity contribution in [3.63, 3.8) is 0 Å². The molecule has 1 fully saturated rings. The number of carbonyl (C=O) groups excluding carboxylic acids is 3. The number of hydrogen-bond acceptors (Lipinski definition) is 3. The first-order valence-corrected chi connectivity index (χ1v) is 7.97. The largest absolute Gasteiger partial charge is 0.324 e. The molecule has 3 rings (SSSR count). The van der Waals surface area contributed by atoms with Crippen LogP contribution in [0.4, 0.5) is 5.69 Å². The van der Waals surface area contributed by atoms with Crippen LogP contribution in [0.5, 0.6) is 0 Å². The van der Waals surface area contributed by atoms with Crippen molar-refractivity contribution in [1.82, 2.24) is 4.90 Å². The van der Waals surface area contributed by atoms with Gasteiger partial charge in [0.15, 0.2) is 0 Å². The zero-order valence-corrected chi connectivity index (χ0v) is 13.6. The molecule has 2 atom stereocenters. The maximum atomic E-state index is 12.3. The summed E-state index contributed by atoms with van der Waals surface area (Å²) in [6, 6.07) is 4.63. The van der Waals surface area contributed by atoms with E-state index in [1.165, 1.54) is 0 Å². The minimum Gasteiger partial charge on any atom is -0.324 e. The van der Waals surface area contributed by atoms with Crippen LogP contribution in [0.2, 0.25) is 10.0 Å². The number of fused-ring (bicyclic) bond motifs is 1. The first kappa shape index (κ1) is 16.0. The maximum absolute atomic E-state index is 12.3. The second-order valence-corrected chi connectivity index (χ2v) is 6.50. The number of hydrogen-bond donors (Lipinski definition) is 1. The van der Waals surface area contributed by atoms with Crippen LogP contribution in [0.3, 0.4) is 0 Å². The molecular formula is C16H14Cl2N2O3. The third kappa shape index (κ3) is 3.26. The van der Waals surface area contributed by atoms with Crippen molar-refractivity contribution >= 4 is 46.6 Å². The Hall–Kier alpha value is -1.85. The second kappa shape index (κ2) is 6.34. The number of amides is 3. The molecule has 1 aromatic carbocycles. The number of allylic oxidation sites excluding steroid dienone is 2. The zero-order chi connectivity index (χ0) is 16.6. The summed E-state index contributed by atoms with van der Waals surface area (Å²) in [5, 5.41) is 3.38. The molecular weight excluding hydrogens is 339 g/mol. The van der Waals surface area contributed by atoms with E-state index in [4.69, 9.17) is 23.2 Å². The smallest absolute Gasteiger partial charge is 0.244 e. The number of rotatable bonds is 3. The molecule has 0 saturated carbocycles. The van der Waals surface area contributed by atoms with Gasteiger partial charge in [-0.05, 0) is 31.0 Å². The molecule has 7 heteroatoms. The van der Waals surface area contributed by atoms with E-state index in [-0.39, 0.29) is 30.2 Å². The highest BCUT2D eigenvalue weighted by atomic mass is 35.5. The van der Waals surface area contributed by atoms with Crippen LogP contribution in [0.15, 0.2) is 30.4 Å². The number of nitrogens with one attached hydrogen (secondary N) is 1. The fraction of sp³-hybridized carbons (Fsp3) is 0.312. The third-order valence-corrected chi connectivity index (χ3v) is 4.48. The van der Waals surface area contributed by atoms with Gasteiger partial charge in [-0.1, -0.05) is 35.4 Å². The molecule has 1 aliphatic carbocycles. The van der Waals surface area contributed by atoms with E-state index in [1.807, 2.05) is 12.2 Å². The highest BCUT2D eigenvalue weighted by molar-refractivity contribution is 6.35. The summed E-state index contributed by atoms with van der Waals surface area (Å²) < 4.78 is 0. The summed E-state index contributed by atoms with van der Waals surface area (Å²) in [6.45, 7) is -0.297. The molecule has 120 valence electrons. The van der Waals surface area contributed by atoms with E-state index in [0.717, 1.165) is 4.90 Å². The Kier molecular flexibility index (Phi) is 4.41. The van der Waals surface area contributed by atoms with Crippen molar-refractivity contribution in [2.45, 2.75) is 12.8 Å². The minimum atomic E-state index is -0.461. The lowest BCUT2D eigenvalue weighted by Gasteiger charge is -2.14. The lowest BCUT2D eigenvalue weighted by Crippen LogP contribution is -2.38. The van der Waals surface area contributed by atoms with Crippen LogP contribution < -0.4 is 5.32 Å². The van der Waals surface area contributed by atoms with Crippen LogP contribution in [-0.4, -0.2) is 29.2 Å². The molecule has 0 spiro atoms. The van der Waals surface area contributed by atoms with Gasteiger partial charge in [-0.2, -0.15) is 0 Å². The topological polar surface area (TPSA) is 66.5 Å². The predicted molar refractivity (Wildman–Crippen MR) is 87.2 cm³/mol. The number of benzene rings is 1. The highest BCUT2D eigenvalue weighted by Crippen LogP contribution is 2.34. The number of halogens is 2. The van der Waals surface area contributed by atoms with Gasteiger partial charge in [-0.3, -0.25) is 19.3 Å². The van der Waals surface area contributed by atoms with Crippen LogP contribution in [0.1, 0.15) is 12.8 Å². The second-order valence-electron chi connectivity index (χ2n) is 5.62. The highest BCUT2D eigenvalue weighted by Gasteiger charge is 2.47. The van der Waals surface area contributed by atoms with Crippen molar-refractivity contribution in [2.24, 2.45) is 11.8 Å². The van der Waals surface area contributed by atoms with Crippen molar-refractivity contribution < 1.29 is 14.4 Å². The summed E-state index contributed by atoms with van der Waals surface area (Å²) in [5.41, 5.74) is 0.422. The number of imide groups is 1. The molecule has 5 nitrogen and oxygen atoms in total. The van der Waals surface area contributed by atoms with Gasteiger partial charge >= 0.3 is 0 Å². The Bertz CT molecular complexity index is 671. The van der Waals surface area contributed by atoms with Gasteiger partial charge < -0.3 is 5.32 Å². The Morgan fingerprint density at radius 2 is 1.57 bits per heavy atom. The first-order chi connectivity index (χ1) is 11.0. The predicted octanol–water partition coefficient (Wildman–Crippen LogP) is 2.88. The molecule has 23 heavy (non-hydrogen) atoms. The molecule has 1 N–H and O–H groups in total. The quantitative estimate of drug-likeness (QED) is 0.671. The van der Waals surface area contributed by atoms with E-state index >= 15 is 0 Å². The van der Waals surface area contributed by atoms with Crippen LogP contribution >= 0.6 is 23.2 Å². The Balaban J connectivity index is 1.68. The average molecular weight is 353 g/mol. The SMILES string of the molecule is O=C(CN1C(=O)[C@H]2CC=CC[C@H]2C1=O)Nc1cc(Cl)cc(Cl)c1. The summed E-state index contributed by atoms with van der Waals surface area (Å²) in [5.74, 6) is -1.68. The van der Waals surface area contributed by atoms with Crippen LogP contribution in [-0.2, 0) is 14.4 Å². The molecule has 1 saturated heterocycles. The van der Waals surface area contributed by atoms with Gasteiger partial charge in [0.05, 0.1) is 11.8 Å². The summed E-state index contributed by atoms with van der Waals surface area (Å²) >= 11 is 11.7. The van der Waals surface area contributed by atoms with E-state index in [1.54, 1.807) is 18.2 Å². The molecule has 1 aliphatic heterocycles. The minimum absolute atomic E-state index is 0.274. The van der Waals surface area contributed by atoms with E-state index in [0.29, 0.717) is 28.6 Å². The lowest BCUT2D eigenvalue weighted by atomic mass is 9.85. The molecule has 0 radical (unpaired) electrons. The standard InChI is InChI=1S/C16H14Cl2N2O3/c17-9-5-10(18)7-11(6-9)19-14(21)8-20-15(22)12-3-1-2-4-13(12)16(20)23/h1-2,5-7,12-13H,3-4,8H2,(H,19,21)/t12-,13+. The van der Waals surface area contributed by atoms with E-state index < -0.39 is 5.91 Å².